The molecule has 4 nitrogen and oxygen atoms in total. The molecule has 2 atom stereocenters. The standard InChI is InChI=1S/C16H28N2O2/c1-5-6-7-8-11-17-13-9-10-14(12-13)18-15(19)20-16(2,3)4/h1,13-14,17H,6-12H2,2-4H3,(H,18,19). The maximum atomic E-state index is 11.7. The molecule has 0 aromatic rings. The van der Waals surface area contributed by atoms with Gasteiger partial charge in [0.05, 0.1) is 0 Å². The van der Waals surface area contributed by atoms with E-state index in [1.54, 1.807) is 0 Å². The zero-order chi connectivity index (χ0) is 15.0. The molecule has 0 saturated heterocycles. The van der Waals surface area contributed by atoms with Gasteiger partial charge in [-0.05, 0) is 59.4 Å². The summed E-state index contributed by atoms with van der Waals surface area (Å²) in [4.78, 5) is 11.7. The fourth-order valence-electron chi connectivity index (χ4n) is 2.43. The lowest BCUT2D eigenvalue weighted by molar-refractivity contribution is 0.0505. The van der Waals surface area contributed by atoms with Gasteiger partial charge in [0.25, 0.3) is 0 Å². The molecule has 0 heterocycles. The summed E-state index contributed by atoms with van der Waals surface area (Å²) in [7, 11) is 0. The van der Waals surface area contributed by atoms with Crippen LogP contribution in [0.15, 0.2) is 0 Å². The highest BCUT2D eigenvalue weighted by molar-refractivity contribution is 5.68. The first-order chi connectivity index (χ1) is 9.40. The van der Waals surface area contributed by atoms with Crippen LogP contribution >= 0.6 is 0 Å². The first kappa shape index (κ1) is 16.8. The molecule has 2 N–H and O–H groups in total. The van der Waals surface area contributed by atoms with Crippen LogP contribution in [0, 0.1) is 12.3 Å². The van der Waals surface area contributed by atoms with Gasteiger partial charge in [-0.1, -0.05) is 0 Å². The molecule has 1 amide bonds. The zero-order valence-corrected chi connectivity index (χ0v) is 13.0. The molecule has 0 radical (unpaired) electrons. The van der Waals surface area contributed by atoms with Gasteiger partial charge in [-0.25, -0.2) is 4.79 Å². The first-order valence-corrected chi connectivity index (χ1v) is 7.57. The van der Waals surface area contributed by atoms with E-state index in [9.17, 15) is 4.79 Å². The SMILES string of the molecule is C#CCCCCNC1CCC(NC(=O)OC(C)(C)C)C1. The lowest BCUT2D eigenvalue weighted by Gasteiger charge is -2.21. The Morgan fingerprint density at radius 2 is 2.00 bits per heavy atom. The Kier molecular flexibility index (Phi) is 6.87. The van der Waals surface area contributed by atoms with Gasteiger partial charge in [-0.2, -0.15) is 0 Å². The molecule has 1 fully saturated rings. The monoisotopic (exact) mass is 280 g/mol. The van der Waals surface area contributed by atoms with Crippen molar-refractivity contribution in [3.05, 3.63) is 0 Å². The van der Waals surface area contributed by atoms with Crippen molar-refractivity contribution in [3.63, 3.8) is 0 Å². The molecule has 1 aliphatic rings. The summed E-state index contributed by atoms with van der Waals surface area (Å²) in [5, 5.41) is 6.48. The summed E-state index contributed by atoms with van der Waals surface area (Å²) >= 11 is 0. The average molecular weight is 280 g/mol. The van der Waals surface area contributed by atoms with Gasteiger partial charge in [0.2, 0.25) is 0 Å². The lowest BCUT2D eigenvalue weighted by Crippen LogP contribution is -2.39. The first-order valence-electron chi connectivity index (χ1n) is 7.57. The maximum absolute atomic E-state index is 11.7. The third-order valence-electron chi connectivity index (χ3n) is 3.33. The molecule has 1 saturated carbocycles. The number of terminal acetylenes is 1. The number of carbonyl (C=O) groups excluding carboxylic acids is 1. The third-order valence-corrected chi connectivity index (χ3v) is 3.33. The van der Waals surface area contributed by atoms with Crippen LogP contribution < -0.4 is 10.6 Å². The molecule has 2 unspecified atom stereocenters. The quantitative estimate of drug-likeness (QED) is 0.581. The van der Waals surface area contributed by atoms with Crippen LogP contribution in [0.3, 0.4) is 0 Å². The number of rotatable bonds is 6. The number of unbranched alkanes of at least 4 members (excludes halogenated alkanes) is 2. The van der Waals surface area contributed by atoms with E-state index in [1.165, 1.54) is 0 Å². The van der Waals surface area contributed by atoms with E-state index in [0.717, 1.165) is 45.1 Å². The average Bonchev–Trinajstić information content (AvgIpc) is 2.74. The van der Waals surface area contributed by atoms with Crippen molar-refractivity contribution in [1.29, 1.82) is 0 Å². The van der Waals surface area contributed by atoms with Crippen molar-refractivity contribution in [3.8, 4) is 12.3 Å². The molecular formula is C16H28N2O2. The highest BCUT2D eigenvalue weighted by atomic mass is 16.6. The van der Waals surface area contributed by atoms with Crippen LogP contribution in [-0.2, 0) is 4.74 Å². The van der Waals surface area contributed by atoms with Crippen molar-refractivity contribution < 1.29 is 9.53 Å². The van der Waals surface area contributed by atoms with Crippen molar-refractivity contribution in [1.82, 2.24) is 10.6 Å². The summed E-state index contributed by atoms with van der Waals surface area (Å²) < 4.78 is 5.27. The Morgan fingerprint density at radius 1 is 1.30 bits per heavy atom. The van der Waals surface area contributed by atoms with Crippen LogP contribution in [0.2, 0.25) is 0 Å². The van der Waals surface area contributed by atoms with Crippen molar-refractivity contribution in [2.24, 2.45) is 0 Å². The van der Waals surface area contributed by atoms with Crippen LogP contribution in [0.25, 0.3) is 0 Å². The van der Waals surface area contributed by atoms with E-state index in [4.69, 9.17) is 11.2 Å². The summed E-state index contributed by atoms with van der Waals surface area (Å²) in [6.45, 7) is 6.64. The number of hydrogen-bond donors (Lipinski definition) is 2. The molecule has 20 heavy (non-hydrogen) atoms. The predicted molar refractivity (Wildman–Crippen MR) is 81.5 cm³/mol. The van der Waals surface area contributed by atoms with Crippen molar-refractivity contribution in [2.45, 2.75) is 77.0 Å². The molecule has 0 bridgehead atoms. The minimum atomic E-state index is -0.433. The normalized spacial score (nSPS) is 22.3. The second-order valence-corrected chi connectivity index (χ2v) is 6.47. The fraction of sp³-hybridized carbons (Fsp3) is 0.812. The highest BCUT2D eigenvalue weighted by Gasteiger charge is 2.27. The van der Waals surface area contributed by atoms with E-state index in [2.05, 4.69) is 16.6 Å². The lowest BCUT2D eigenvalue weighted by atomic mass is 10.2. The fourth-order valence-corrected chi connectivity index (χ4v) is 2.43. The van der Waals surface area contributed by atoms with Crippen LogP contribution in [0.4, 0.5) is 4.79 Å². The van der Waals surface area contributed by atoms with Gasteiger partial charge in [0.1, 0.15) is 5.60 Å². The van der Waals surface area contributed by atoms with Crippen molar-refractivity contribution >= 4 is 6.09 Å². The van der Waals surface area contributed by atoms with Gasteiger partial charge in [0, 0.05) is 18.5 Å². The number of carbonyl (C=O) groups is 1. The summed E-state index contributed by atoms with van der Waals surface area (Å²) in [5.41, 5.74) is -0.433. The van der Waals surface area contributed by atoms with Gasteiger partial charge in [-0.3, -0.25) is 0 Å². The van der Waals surface area contributed by atoms with Gasteiger partial charge in [-0.15, -0.1) is 12.3 Å². The van der Waals surface area contributed by atoms with E-state index >= 15 is 0 Å². The number of hydrogen-bond acceptors (Lipinski definition) is 3. The van der Waals surface area contributed by atoms with E-state index < -0.39 is 5.60 Å². The number of nitrogens with one attached hydrogen (secondary N) is 2. The number of ether oxygens (including phenoxy) is 1. The maximum Gasteiger partial charge on any atom is 0.407 e. The topological polar surface area (TPSA) is 50.4 Å². The molecule has 114 valence electrons. The van der Waals surface area contributed by atoms with E-state index in [1.807, 2.05) is 20.8 Å². The largest absolute Gasteiger partial charge is 0.444 e. The Balaban J connectivity index is 2.14. The molecule has 0 aliphatic heterocycles. The molecule has 0 aromatic carbocycles. The van der Waals surface area contributed by atoms with Crippen LogP contribution in [-0.4, -0.2) is 30.3 Å². The smallest absolute Gasteiger partial charge is 0.407 e. The second kappa shape index (κ2) is 8.16. The Hall–Kier alpha value is -1.21. The summed E-state index contributed by atoms with van der Waals surface area (Å²) in [6, 6.07) is 0.730. The minimum Gasteiger partial charge on any atom is -0.444 e. The van der Waals surface area contributed by atoms with E-state index in [0.29, 0.717) is 6.04 Å². The van der Waals surface area contributed by atoms with Crippen LogP contribution in [0.1, 0.15) is 59.3 Å². The Bertz CT molecular complexity index is 341. The van der Waals surface area contributed by atoms with Gasteiger partial charge >= 0.3 is 6.09 Å². The summed E-state index contributed by atoms with van der Waals surface area (Å²) in [6.07, 6.45) is 11.1. The Morgan fingerprint density at radius 3 is 2.65 bits per heavy atom. The number of alkyl carbamates (subject to hydrolysis) is 1. The van der Waals surface area contributed by atoms with Gasteiger partial charge < -0.3 is 15.4 Å². The molecule has 1 rings (SSSR count). The molecule has 0 spiro atoms. The third kappa shape index (κ3) is 7.40. The van der Waals surface area contributed by atoms with Gasteiger partial charge in [0.15, 0.2) is 0 Å². The minimum absolute atomic E-state index is 0.230. The predicted octanol–water partition coefficient (Wildman–Crippen LogP) is 2.83. The van der Waals surface area contributed by atoms with E-state index in [-0.39, 0.29) is 12.1 Å². The summed E-state index contributed by atoms with van der Waals surface area (Å²) in [5.74, 6) is 2.65. The molecule has 1 aliphatic carbocycles. The molecule has 0 aromatic heterocycles. The second-order valence-electron chi connectivity index (χ2n) is 6.47. The van der Waals surface area contributed by atoms with Crippen LogP contribution in [0.5, 0.6) is 0 Å². The molecular weight excluding hydrogens is 252 g/mol. The highest BCUT2D eigenvalue weighted by Crippen LogP contribution is 2.20. The zero-order valence-electron chi connectivity index (χ0n) is 13.0. The Labute approximate surface area is 123 Å². The molecule has 4 heteroatoms. The number of amides is 1. The van der Waals surface area contributed by atoms with Crippen molar-refractivity contribution in [2.75, 3.05) is 6.54 Å².